The van der Waals surface area contributed by atoms with Crippen LogP contribution >= 0.6 is 26.0 Å². The van der Waals surface area contributed by atoms with Crippen LogP contribution in [0.5, 0.6) is 0 Å². The SMILES string of the molecule is CC(=O)SCCCP(=O)(CCCO)CCCO.O=P(CCCO)(CCCO)CCCO. The number of hydrogen-bond donors (Lipinski definition) is 5. The molecule has 0 radical (unpaired) electrons. The summed E-state index contributed by atoms with van der Waals surface area (Å²) in [4.78, 5) is 10.7. The summed E-state index contributed by atoms with van der Waals surface area (Å²) < 4.78 is 24.6. The second-order valence-electron chi connectivity index (χ2n) is 7.54. The van der Waals surface area contributed by atoms with Crippen LogP contribution in [0.2, 0.25) is 0 Å². The Morgan fingerprint density at radius 3 is 1.06 bits per heavy atom. The van der Waals surface area contributed by atoms with Crippen LogP contribution in [0, 0.1) is 0 Å². The van der Waals surface area contributed by atoms with Crippen LogP contribution in [0.15, 0.2) is 0 Å². The van der Waals surface area contributed by atoms with E-state index >= 15 is 0 Å². The van der Waals surface area contributed by atoms with Crippen molar-refractivity contribution in [2.75, 3.05) is 75.8 Å². The van der Waals surface area contributed by atoms with Gasteiger partial charge >= 0.3 is 0 Å². The van der Waals surface area contributed by atoms with Gasteiger partial charge in [0, 0.05) is 82.7 Å². The van der Waals surface area contributed by atoms with Gasteiger partial charge in [-0.3, -0.25) is 4.79 Å². The second kappa shape index (κ2) is 22.1. The Hall–Kier alpha value is 0.280. The van der Waals surface area contributed by atoms with E-state index in [0.29, 0.717) is 74.8 Å². The molecule has 0 fully saturated rings. The maximum atomic E-state index is 12.5. The van der Waals surface area contributed by atoms with Crippen molar-refractivity contribution in [3.63, 3.8) is 0 Å². The molecule has 0 saturated heterocycles. The summed E-state index contributed by atoms with van der Waals surface area (Å²) in [5.41, 5.74) is 0. The van der Waals surface area contributed by atoms with E-state index in [4.69, 9.17) is 25.5 Å². The van der Waals surface area contributed by atoms with Gasteiger partial charge in [0.2, 0.25) is 0 Å². The fourth-order valence-electron chi connectivity index (χ4n) is 3.03. The minimum absolute atomic E-state index is 0.0578. The maximum absolute atomic E-state index is 12.5. The average molecular weight is 507 g/mol. The van der Waals surface area contributed by atoms with Crippen molar-refractivity contribution in [3.8, 4) is 0 Å². The lowest BCUT2D eigenvalue weighted by Crippen LogP contribution is -2.05. The lowest BCUT2D eigenvalue weighted by atomic mass is 10.5. The van der Waals surface area contributed by atoms with Crippen LogP contribution in [0.1, 0.15) is 45.4 Å². The van der Waals surface area contributed by atoms with Crippen LogP contribution in [0.3, 0.4) is 0 Å². The highest BCUT2D eigenvalue weighted by Crippen LogP contribution is 2.48. The molecule has 0 atom stereocenters. The molecule has 0 aromatic carbocycles. The van der Waals surface area contributed by atoms with Crippen molar-refractivity contribution in [1.29, 1.82) is 0 Å². The predicted octanol–water partition coefficient (Wildman–Crippen LogP) is 2.28. The van der Waals surface area contributed by atoms with Gasteiger partial charge in [-0.1, -0.05) is 11.8 Å². The van der Waals surface area contributed by atoms with Crippen molar-refractivity contribution in [1.82, 2.24) is 0 Å². The summed E-state index contributed by atoms with van der Waals surface area (Å²) in [5, 5.41) is 43.6. The molecule has 8 nitrogen and oxygen atoms in total. The van der Waals surface area contributed by atoms with Gasteiger partial charge < -0.3 is 34.7 Å². The highest BCUT2D eigenvalue weighted by atomic mass is 32.2. The van der Waals surface area contributed by atoms with E-state index in [1.165, 1.54) is 18.7 Å². The standard InChI is InChI=1S/C11H23O4PS.C9H21O4P/c1-11(14)17-10-4-9-16(15,7-2-5-12)8-3-6-13;10-4-1-7-14(13,8-2-5-11)9-3-6-12/h12-13H,2-10H2,1H3;10-12H,1-9H2. The first-order valence-corrected chi connectivity index (χ1v) is 16.6. The van der Waals surface area contributed by atoms with Crippen LogP contribution < -0.4 is 0 Å². The number of aliphatic hydroxyl groups is 5. The molecule has 0 heterocycles. The minimum atomic E-state index is -2.26. The van der Waals surface area contributed by atoms with Crippen molar-refractivity contribution in [2.45, 2.75) is 45.4 Å². The molecule has 0 amide bonds. The molecule has 0 aliphatic carbocycles. The lowest BCUT2D eigenvalue weighted by molar-refractivity contribution is -0.109. The molecule has 0 bridgehead atoms. The summed E-state index contributed by atoms with van der Waals surface area (Å²) in [7, 11) is -4.51. The summed E-state index contributed by atoms with van der Waals surface area (Å²) in [6.07, 6.45) is 6.84. The Kier molecular flexibility index (Phi) is 23.8. The van der Waals surface area contributed by atoms with E-state index in [1.54, 1.807) is 0 Å². The number of hydrogen-bond acceptors (Lipinski definition) is 9. The molecule has 0 spiro atoms. The van der Waals surface area contributed by atoms with E-state index in [0.717, 1.165) is 6.42 Å². The first-order chi connectivity index (χ1) is 14.7. The summed E-state index contributed by atoms with van der Waals surface area (Å²) >= 11 is 1.26. The zero-order valence-electron chi connectivity index (χ0n) is 19.0. The topological polar surface area (TPSA) is 152 Å². The molecular formula is C20H44O8P2S. The third-order valence-electron chi connectivity index (χ3n) is 4.63. The van der Waals surface area contributed by atoms with Crippen molar-refractivity contribution in [3.05, 3.63) is 0 Å². The molecule has 0 aliphatic rings. The van der Waals surface area contributed by atoms with Crippen molar-refractivity contribution >= 4 is 31.2 Å². The zero-order chi connectivity index (χ0) is 24.0. The molecule has 0 rings (SSSR count). The first-order valence-electron chi connectivity index (χ1n) is 11.0. The summed E-state index contributed by atoms with van der Waals surface area (Å²) in [6.45, 7) is 1.82. The second-order valence-corrected chi connectivity index (χ2v) is 15.7. The van der Waals surface area contributed by atoms with Gasteiger partial charge in [0.1, 0.15) is 0 Å². The highest BCUT2D eigenvalue weighted by molar-refractivity contribution is 8.13. The Morgan fingerprint density at radius 1 is 0.581 bits per heavy atom. The van der Waals surface area contributed by atoms with E-state index in [1.807, 2.05) is 0 Å². The number of aliphatic hydroxyl groups excluding tert-OH is 5. The normalized spacial score (nSPS) is 11.8. The van der Waals surface area contributed by atoms with Gasteiger partial charge in [-0.15, -0.1) is 0 Å². The fraction of sp³-hybridized carbons (Fsp3) is 0.950. The zero-order valence-corrected chi connectivity index (χ0v) is 21.6. The Labute approximate surface area is 192 Å². The van der Waals surface area contributed by atoms with Gasteiger partial charge in [0.25, 0.3) is 0 Å². The highest BCUT2D eigenvalue weighted by Gasteiger charge is 2.21. The fourth-order valence-corrected chi connectivity index (χ4v) is 9.49. The largest absolute Gasteiger partial charge is 0.396 e. The molecule has 31 heavy (non-hydrogen) atoms. The molecule has 0 unspecified atom stereocenters. The van der Waals surface area contributed by atoms with E-state index in [-0.39, 0.29) is 38.1 Å². The third kappa shape index (κ3) is 21.9. The Bertz CT molecular complexity index is 479. The van der Waals surface area contributed by atoms with Crippen LogP contribution in [0.4, 0.5) is 0 Å². The van der Waals surface area contributed by atoms with Crippen LogP contribution in [0.25, 0.3) is 0 Å². The van der Waals surface area contributed by atoms with Gasteiger partial charge in [-0.05, 0) is 38.5 Å². The van der Waals surface area contributed by atoms with E-state index < -0.39 is 14.3 Å². The van der Waals surface area contributed by atoms with Gasteiger partial charge in [0.05, 0.1) is 14.3 Å². The van der Waals surface area contributed by atoms with Crippen LogP contribution in [-0.4, -0.2) is 106 Å². The monoisotopic (exact) mass is 506 g/mol. The quantitative estimate of drug-likeness (QED) is 0.131. The number of rotatable bonds is 19. The molecule has 0 saturated carbocycles. The minimum Gasteiger partial charge on any atom is -0.396 e. The number of carbonyl (C=O) groups excluding carboxylic acids is 1. The summed E-state index contributed by atoms with van der Waals surface area (Å²) in [5.74, 6) is 0.706. The smallest absolute Gasteiger partial charge is 0.185 e. The predicted molar refractivity (Wildman–Crippen MR) is 131 cm³/mol. The van der Waals surface area contributed by atoms with Gasteiger partial charge in [-0.2, -0.15) is 0 Å². The van der Waals surface area contributed by atoms with Gasteiger partial charge in [-0.25, -0.2) is 0 Å². The van der Waals surface area contributed by atoms with Crippen molar-refractivity contribution in [2.24, 2.45) is 0 Å². The lowest BCUT2D eigenvalue weighted by Gasteiger charge is -2.17. The number of thioether (sulfide) groups is 1. The third-order valence-corrected chi connectivity index (χ3v) is 12.3. The van der Waals surface area contributed by atoms with Crippen molar-refractivity contribution < 1.29 is 39.5 Å². The molecular weight excluding hydrogens is 462 g/mol. The van der Waals surface area contributed by atoms with E-state index in [9.17, 15) is 13.9 Å². The molecule has 0 aliphatic heterocycles. The number of carbonyl (C=O) groups is 1. The Balaban J connectivity index is 0. The van der Waals surface area contributed by atoms with Crippen LogP contribution in [-0.2, 0) is 13.9 Å². The first kappa shape index (κ1) is 33.5. The Morgan fingerprint density at radius 2 is 0.839 bits per heavy atom. The summed E-state index contributed by atoms with van der Waals surface area (Å²) in [6, 6.07) is 0. The molecule has 188 valence electrons. The molecule has 11 heteroatoms. The average Bonchev–Trinajstić information content (AvgIpc) is 2.76. The molecule has 5 N–H and O–H groups in total. The molecule has 0 aromatic heterocycles. The van der Waals surface area contributed by atoms with E-state index in [2.05, 4.69) is 0 Å². The molecule has 0 aromatic rings. The van der Waals surface area contributed by atoms with Gasteiger partial charge in [0.15, 0.2) is 5.12 Å². The maximum Gasteiger partial charge on any atom is 0.185 e.